The van der Waals surface area contributed by atoms with Crippen LogP contribution in [0, 0.1) is 11.8 Å². The van der Waals surface area contributed by atoms with Gasteiger partial charge in [-0.25, -0.2) is 0 Å². The van der Waals surface area contributed by atoms with Crippen LogP contribution < -0.4 is 0 Å². The van der Waals surface area contributed by atoms with Crippen LogP contribution in [0.2, 0.25) is 0 Å². The van der Waals surface area contributed by atoms with Gasteiger partial charge in [-0.05, 0) is 18.8 Å². The Hall–Kier alpha value is -0.590. The van der Waals surface area contributed by atoms with Crippen molar-refractivity contribution < 1.29 is 4.79 Å². The second-order valence-corrected chi connectivity index (χ2v) is 2.91. The minimum Gasteiger partial charge on any atom is -0.303 e. The standard InChI is InChI=1S/C9H16O/c1-4-5-6-9(7-10)8(2)3/h4,7-9H,1,5-6H2,2-3H3. The summed E-state index contributed by atoms with van der Waals surface area (Å²) in [5, 5.41) is 0. The Bertz CT molecular complexity index is 105. The number of aldehydes is 1. The molecule has 0 spiro atoms. The van der Waals surface area contributed by atoms with Gasteiger partial charge in [-0.15, -0.1) is 6.58 Å². The van der Waals surface area contributed by atoms with E-state index in [4.69, 9.17) is 0 Å². The Labute approximate surface area is 63.1 Å². The van der Waals surface area contributed by atoms with Crippen LogP contribution in [0.1, 0.15) is 26.7 Å². The monoisotopic (exact) mass is 140 g/mol. The first-order chi connectivity index (χ1) is 4.72. The van der Waals surface area contributed by atoms with Crippen molar-refractivity contribution in [2.75, 3.05) is 0 Å². The molecule has 0 fully saturated rings. The first-order valence-corrected chi connectivity index (χ1v) is 3.78. The van der Waals surface area contributed by atoms with Gasteiger partial charge in [0.05, 0.1) is 0 Å². The lowest BCUT2D eigenvalue weighted by Crippen LogP contribution is -2.09. The van der Waals surface area contributed by atoms with Gasteiger partial charge in [-0.3, -0.25) is 0 Å². The van der Waals surface area contributed by atoms with Crippen LogP contribution >= 0.6 is 0 Å². The fraction of sp³-hybridized carbons (Fsp3) is 0.667. The molecular formula is C9H16O. The van der Waals surface area contributed by atoms with Gasteiger partial charge < -0.3 is 4.79 Å². The van der Waals surface area contributed by atoms with Gasteiger partial charge >= 0.3 is 0 Å². The Morgan fingerprint density at radius 3 is 2.40 bits per heavy atom. The minimum absolute atomic E-state index is 0.220. The third kappa shape index (κ3) is 3.44. The maximum absolute atomic E-state index is 10.4. The molecule has 0 radical (unpaired) electrons. The van der Waals surface area contributed by atoms with Crippen molar-refractivity contribution in [1.29, 1.82) is 0 Å². The van der Waals surface area contributed by atoms with Gasteiger partial charge in [-0.1, -0.05) is 19.9 Å². The SMILES string of the molecule is C=CCCC(C=O)C(C)C. The van der Waals surface area contributed by atoms with E-state index in [1.165, 1.54) is 0 Å². The highest BCUT2D eigenvalue weighted by Crippen LogP contribution is 2.14. The zero-order valence-corrected chi connectivity index (χ0v) is 6.84. The molecule has 0 saturated heterocycles. The Morgan fingerprint density at radius 1 is 1.50 bits per heavy atom. The average molecular weight is 140 g/mol. The molecule has 0 bridgehead atoms. The molecule has 0 heterocycles. The summed E-state index contributed by atoms with van der Waals surface area (Å²) in [7, 11) is 0. The lowest BCUT2D eigenvalue weighted by atomic mass is 9.93. The second-order valence-electron chi connectivity index (χ2n) is 2.91. The van der Waals surface area contributed by atoms with Crippen LogP contribution in [0.15, 0.2) is 12.7 Å². The maximum Gasteiger partial charge on any atom is 0.123 e. The van der Waals surface area contributed by atoms with E-state index in [1.807, 2.05) is 6.08 Å². The van der Waals surface area contributed by atoms with E-state index in [0.29, 0.717) is 5.92 Å². The van der Waals surface area contributed by atoms with Crippen molar-refractivity contribution >= 4 is 6.29 Å². The Morgan fingerprint density at radius 2 is 2.10 bits per heavy atom. The summed E-state index contributed by atoms with van der Waals surface area (Å²) >= 11 is 0. The molecule has 1 atom stereocenters. The van der Waals surface area contributed by atoms with Crippen molar-refractivity contribution in [2.24, 2.45) is 11.8 Å². The van der Waals surface area contributed by atoms with Crippen LogP contribution in [-0.4, -0.2) is 6.29 Å². The highest BCUT2D eigenvalue weighted by Gasteiger charge is 2.09. The van der Waals surface area contributed by atoms with Crippen molar-refractivity contribution in [3.05, 3.63) is 12.7 Å². The van der Waals surface area contributed by atoms with E-state index in [-0.39, 0.29) is 5.92 Å². The molecule has 58 valence electrons. The molecule has 0 aliphatic rings. The minimum atomic E-state index is 0.220. The van der Waals surface area contributed by atoms with E-state index in [0.717, 1.165) is 19.1 Å². The predicted molar refractivity (Wildman–Crippen MR) is 43.8 cm³/mol. The molecule has 1 nitrogen and oxygen atoms in total. The number of rotatable bonds is 5. The number of carbonyl (C=O) groups is 1. The van der Waals surface area contributed by atoms with Crippen LogP contribution in [-0.2, 0) is 4.79 Å². The summed E-state index contributed by atoms with van der Waals surface area (Å²) in [5.74, 6) is 0.690. The van der Waals surface area contributed by atoms with Crippen LogP contribution in [0.25, 0.3) is 0 Å². The van der Waals surface area contributed by atoms with Crippen molar-refractivity contribution in [3.63, 3.8) is 0 Å². The number of carbonyl (C=O) groups excluding carboxylic acids is 1. The van der Waals surface area contributed by atoms with E-state index < -0.39 is 0 Å². The third-order valence-electron chi connectivity index (χ3n) is 1.74. The first kappa shape index (κ1) is 9.41. The average Bonchev–Trinajstić information content (AvgIpc) is 1.89. The summed E-state index contributed by atoms with van der Waals surface area (Å²) in [4.78, 5) is 10.4. The lowest BCUT2D eigenvalue weighted by Gasteiger charge is -2.11. The van der Waals surface area contributed by atoms with Gasteiger partial charge in [0.15, 0.2) is 0 Å². The van der Waals surface area contributed by atoms with Crippen molar-refractivity contribution in [2.45, 2.75) is 26.7 Å². The normalized spacial score (nSPS) is 13.1. The number of allylic oxidation sites excluding steroid dienone is 1. The lowest BCUT2D eigenvalue weighted by molar-refractivity contribution is -0.112. The highest BCUT2D eigenvalue weighted by molar-refractivity contribution is 5.53. The Balaban J connectivity index is 3.59. The zero-order chi connectivity index (χ0) is 7.98. The summed E-state index contributed by atoms with van der Waals surface area (Å²) in [6.45, 7) is 7.75. The Kier molecular flexibility index (Phi) is 4.91. The fourth-order valence-electron chi connectivity index (χ4n) is 0.869. The molecule has 0 aliphatic heterocycles. The van der Waals surface area contributed by atoms with E-state index in [9.17, 15) is 4.79 Å². The molecule has 0 aromatic rings. The molecule has 0 aromatic heterocycles. The van der Waals surface area contributed by atoms with Crippen LogP contribution in [0.4, 0.5) is 0 Å². The van der Waals surface area contributed by atoms with Crippen LogP contribution in [0.3, 0.4) is 0 Å². The third-order valence-corrected chi connectivity index (χ3v) is 1.74. The topological polar surface area (TPSA) is 17.1 Å². The molecule has 0 saturated carbocycles. The van der Waals surface area contributed by atoms with Gasteiger partial charge in [0.1, 0.15) is 6.29 Å². The zero-order valence-electron chi connectivity index (χ0n) is 6.84. The molecule has 0 amide bonds. The molecule has 0 N–H and O–H groups in total. The largest absolute Gasteiger partial charge is 0.303 e. The van der Waals surface area contributed by atoms with E-state index >= 15 is 0 Å². The van der Waals surface area contributed by atoms with E-state index in [2.05, 4.69) is 20.4 Å². The summed E-state index contributed by atoms with van der Waals surface area (Å²) in [6.07, 6.45) is 4.80. The second kappa shape index (κ2) is 5.21. The molecular weight excluding hydrogens is 124 g/mol. The summed E-state index contributed by atoms with van der Waals surface area (Å²) in [5.41, 5.74) is 0. The quantitative estimate of drug-likeness (QED) is 0.423. The predicted octanol–water partition coefficient (Wildman–Crippen LogP) is 2.42. The molecule has 0 aliphatic carbocycles. The van der Waals surface area contributed by atoms with E-state index in [1.54, 1.807) is 0 Å². The maximum atomic E-state index is 10.4. The highest BCUT2D eigenvalue weighted by atomic mass is 16.1. The molecule has 1 unspecified atom stereocenters. The van der Waals surface area contributed by atoms with Crippen LogP contribution in [0.5, 0.6) is 0 Å². The molecule has 0 rings (SSSR count). The van der Waals surface area contributed by atoms with Crippen molar-refractivity contribution in [3.8, 4) is 0 Å². The fourth-order valence-corrected chi connectivity index (χ4v) is 0.869. The van der Waals surface area contributed by atoms with Gasteiger partial charge in [-0.2, -0.15) is 0 Å². The smallest absolute Gasteiger partial charge is 0.123 e. The van der Waals surface area contributed by atoms with Crippen molar-refractivity contribution in [1.82, 2.24) is 0 Å². The number of hydrogen-bond acceptors (Lipinski definition) is 1. The number of hydrogen-bond donors (Lipinski definition) is 0. The summed E-state index contributed by atoms with van der Waals surface area (Å²) in [6, 6.07) is 0. The first-order valence-electron chi connectivity index (χ1n) is 3.78. The molecule has 0 aromatic carbocycles. The van der Waals surface area contributed by atoms with Gasteiger partial charge in [0.2, 0.25) is 0 Å². The van der Waals surface area contributed by atoms with Gasteiger partial charge in [0.25, 0.3) is 0 Å². The van der Waals surface area contributed by atoms with Gasteiger partial charge in [0, 0.05) is 5.92 Å². The summed E-state index contributed by atoms with van der Waals surface area (Å²) < 4.78 is 0. The molecule has 1 heteroatoms. The molecule has 10 heavy (non-hydrogen) atoms.